The molecule has 4 aliphatic rings. The second kappa shape index (κ2) is 7.48. The standard InChI is InChI=1S/C27H38N2O2/c1-17-8-11-29(15-17)16-24(30)25-19(14-28)12-23-22-5-4-18-13-26(2,31)9-6-20(18)21(22)7-10-27(23,25)3/h8,11,15,18-23,25,31H,4-7,9-10,12-13,16H2,1-3H3/t18-,19+,20+,21-,22-,23+,25-,26-,27+/m1/s1. The van der Waals surface area contributed by atoms with Crippen molar-refractivity contribution >= 4 is 5.78 Å². The molecule has 4 heteroatoms. The average Bonchev–Trinajstić information content (AvgIpc) is 3.26. The molecular formula is C27H38N2O2. The Labute approximate surface area is 187 Å². The topological polar surface area (TPSA) is 66.0 Å². The lowest BCUT2D eigenvalue weighted by atomic mass is 9.49. The summed E-state index contributed by atoms with van der Waals surface area (Å²) in [6.07, 6.45) is 12.7. The SMILES string of the molecule is Cc1ccn(CC(=O)[C@H]2[C@H](C#N)C[C@H]3[C@@H]4CC[C@@H]5C[C@](C)(O)CC[C@@H]5[C@H]4CC[C@@]32C)c1. The average molecular weight is 423 g/mol. The fourth-order valence-electron chi connectivity index (χ4n) is 8.79. The van der Waals surface area contributed by atoms with E-state index in [1.165, 1.54) is 24.8 Å². The highest BCUT2D eigenvalue weighted by atomic mass is 16.3. The number of aliphatic hydroxyl groups is 1. The lowest BCUT2D eigenvalue weighted by Gasteiger charge is -2.56. The maximum Gasteiger partial charge on any atom is 0.157 e. The number of carbonyl (C=O) groups excluding carboxylic acids is 1. The van der Waals surface area contributed by atoms with E-state index in [1.807, 2.05) is 36.9 Å². The van der Waals surface area contributed by atoms with E-state index in [-0.39, 0.29) is 23.0 Å². The number of hydrogen-bond donors (Lipinski definition) is 1. The first-order chi connectivity index (χ1) is 14.7. The predicted octanol–water partition coefficient (Wildman–Crippen LogP) is 5.14. The minimum atomic E-state index is -0.481. The van der Waals surface area contributed by atoms with Gasteiger partial charge in [0.15, 0.2) is 5.78 Å². The van der Waals surface area contributed by atoms with Gasteiger partial charge in [-0.15, -0.1) is 0 Å². The van der Waals surface area contributed by atoms with E-state index in [4.69, 9.17) is 0 Å². The molecule has 0 radical (unpaired) electrons. The number of fused-ring (bicyclic) bond motifs is 5. The minimum Gasteiger partial charge on any atom is -0.390 e. The van der Waals surface area contributed by atoms with Crippen molar-refractivity contribution in [3.8, 4) is 6.07 Å². The third-order valence-electron chi connectivity index (χ3n) is 10.0. The fourth-order valence-corrected chi connectivity index (χ4v) is 8.79. The zero-order chi connectivity index (χ0) is 22.0. The molecule has 0 unspecified atom stereocenters. The van der Waals surface area contributed by atoms with Gasteiger partial charge in [-0.05, 0) is 112 Å². The summed E-state index contributed by atoms with van der Waals surface area (Å²) >= 11 is 0. The predicted molar refractivity (Wildman–Crippen MR) is 120 cm³/mol. The number of aryl methyl sites for hydroxylation is 1. The first kappa shape index (κ1) is 21.3. The second-order valence-corrected chi connectivity index (χ2v) is 12.0. The van der Waals surface area contributed by atoms with E-state index in [1.54, 1.807) is 0 Å². The molecular weight excluding hydrogens is 384 g/mol. The highest BCUT2D eigenvalue weighted by molar-refractivity contribution is 5.83. The summed E-state index contributed by atoms with van der Waals surface area (Å²) in [7, 11) is 0. The molecule has 4 saturated carbocycles. The smallest absolute Gasteiger partial charge is 0.157 e. The highest BCUT2D eigenvalue weighted by Crippen LogP contribution is 2.66. The molecule has 9 atom stereocenters. The van der Waals surface area contributed by atoms with E-state index in [9.17, 15) is 15.2 Å². The van der Waals surface area contributed by atoms with Crippen LogP contribution in [0, 0.1) is 65.1 Å². The van der Waals surface area contributed by atoms with Crippen LogP contribution in [0.25, 0.3) is 0 Å². The Morgan fingerprint density at radius 3 is 2.68 bits per heavy atom. The van der Waals surface area contributed by atoms with Crippen LogP contribution in [0.3, 0.4) is 0 Å². The molecule has 1 aromatic rings. The van der Waals surface area contributed by atoms with Gasteiger partial charge in [-0.1, -0.05) is 6.92 Å². The number of carbonyl (C=O) groups is 1. The molecule has 0 spiro atoms. The number of Topliss-reactive ketones (excluding diaryl/α,β-unsaturated/α-hetero) is 1. The van der Waals surface area contributed by atoms with Gasteiger partial charge in [0.25, 0.3) is 0 Å². The van der Waals surface area contributed by atoms with Gasteiger partial charge in [-0.3, -0.25) is 4.79 Å². The molecule has 168 valence electrons. The molecule has 0 bridgehead atoms. The van der Waals surface area contributed by atoms with E-state index in [2.05, 4.69) is 13.0 Å². The molecule has 0 aromatic carbocycles. The van der Waals surface area contributed by atoms with Crippen molar-refractivity contribution in [2.24, 2.45) is 46.8 Å². The third kappa shape index (κ3) is 3.48. The molecule has 4 aliphatic carbocycles. The summed E-state index contributed by atoms with van der Waals surface area (Å²) in [6.45, 7) is 6.80. The summed E-state index contributed by atoms with van der Waals surface area (Å²) in [6, 6.07) is 4.61. The van der Waals surface area contributed by atoms with Crippen LogP contribution in [-0.4, -0.2) is 21.1 Å². The monoisotopic (exact) mass is 422 g/mol. The van der Waals surface area contributed by atoms with Crippen molar-refractivity contribution in [1.82, 2.24) is 4.57 Å². The molecule has 4 fully saturated rings. The quantitative estimate of drug-likeness (QED) is 0.734. The van der Waals surface area contributed by atoms with Crippen molar-refractivity contribution in [2.75, 3.05) is 0 Å². The Morgan fingerprint density at radius 1 is 1.19 bits per heavy atom. The van der Waals surface area contributed by atoms with Crippen LogP contribution in [0.5, 0.6) is 0 Å². The van der Waals surface area contributed by atoms with Crippen LogP contribution in [0.15, 0.2) is 18.5 Å². The van der Waals surface area contributed by atoms with Gasteiger partial charge >= 0.3 is 0 Å². The Kier molecular flexibility index (Phi) is 5.13. The maximum absolute atomic E-state index is 13.5. The molecule has 1 N–H and O–H groups in total. The van der Waals surface area contributed by atoms with Crippen molar-refractivity contribution < 1.29 is 9.90 Å². The molecule has 0 amide bonds. The van der Waals surface area contributed by atoms with Crippen molar-refractivity contribution in [2.45, 2.75) is 84.3 Å². The van der Waals surface area contributed by atoms with Gasteiger partial charge in [0.1, 0.15) is 0 Å². The second-order valence-electron chi connectivity index (χ2n) is 12.0. The third-order valence-corrected chi connectivity index (χ3v) is 10.0. The van der Waals surface area contributed by atoms with Crippen LogP contribution >= 0.6 is 0 Å². The first-order valence-corrected chi connectivity index (χ1v) is 12.5. The van der Waals surface area contributed by atoms with Gasteiger partial charge in [0.2, 0.25) is 0 Å². The van der Waals surface area contributed by atoms with Crippen molar-refractivity contribution in [3.05, 3.63) is 24.0 Å². The van der Waals surface area contributed by atoms with Crippen molar-refractivity contribution in [1.29, 1.82) is 5.26 Å². The lowest BCUT2D eigenvalue weighted by Crippen LogP contribution is -2.51. The minimum absolute atomic E-state index is 0.0339. The normalized spacial score (nSPS) is 46.5. The molecule has 0 aliphatic heterocycles. The summed E-state index contributed by atoms with van der Waals surface area (Å²) in [4.78, 5) is 13.5. The molecule has 5 rings (SSSR count). The summed E-state index contributed by atoms with van der Waals surface area (Å²) in [5.41, 5.74) is 0.655. The first-order valence-electron chi connectivity index (χ1n) is 12.5. The zero-order valence-corrected chi connectivity index (χ0v) is 19.4. The van der Waals surface area contributed by atoms with Crippen molar-refractivity contribution in [3.63, 3.8) is 0 Å². The molecule has 4 nitrogen and oxygen atoms in total. The van der Waals surface area contributed by atoms with Gasteiger partial charge in [-0.2, -0.15) is 5.26 Å². The maximum atomic E-state index is 13.5. The molecule has 0 saturated heterocycles. The van der Waals surface area contributed by atoms with E-state index < -0.39 is 5.60 Å². The highest BCUT2D eigenvalue weighted by Gasteiger charge is 2.61. The molecule has 1 aromatic heterocycles. The molecule has 1 heterocycles. The van der Waals surface area contributed by atoms with E-state index in [0.29, 0.717) is 24.3 Å². The Morgan fingerprint density at radius 2 is 1.97 bits per heavy atom. The van der Waals surface area contributed by atoms with Gasteiger partial charge < -0.3 is 9.67 Å². The number of nitriles is 1. The zero-order valence-electron chi connectivity index (χ0n) is 19.4. The van der Waals surface area contributed by atoms with Crippen LogP contribution in [0.2, 0.25) is 0 Å². The lowest BCUT2D eigenvalue weighted by molar-refractivity contribution is -0.133. The van der Waals surface area contributed by atoms with Gasteiger partial charge in [0.05, 0.1) is 24.1 Å². The Balaban J connectivity index is 1.38. The van der Waals surface area contributed by atoms with E-state index in [0.717, 1.165) is 43.9 Å². The summed E-state index contributed by atoms with van der Waals surface area (Å²) < 4.78 is 1.99. The number of hydrogen-bond acceptors (Lipinski definition) is 3. The number of nitrogens with zero attached hydrogens (tertiary/aromatic N) is 2. The fraction of sp³-hybridized carbons (Fsp3) is 0.778. The Bertz CT molecular complexity index is 895. The van der Waals surface area contributed by atoms with Gasteiger partial charge in [0, 0.05) is 18.3 Å². The van der Waals surface area contributed by atoms with Crippen LogP contribution in [0.4, 0.5) is 0 Å². The van der Waals surface area contributed by atoms with Gasteiger partial charge in [-0.25, -0.2) is 0 Å². The largest absolute Gasteiger partial charge is 0.390 e. The molecule has 31 heavy (non-hydrogen) atoms. The van der Waals surface area contributed by atoms with E-state index >= 15 is 0 Å². The van der Waals surface area contributed by atoms with Crippen LogP contribution in [0.1, 0.15) is 70.8 Å². The summed E-state index contributed by atoms with van der Waals surface area (Å²) in [5.74, 6) is 3.28. The number of ketones is 1. The Hall–Kier alpha value is -1.60. The number of rotatable bonds is 3. The van der Waals surface area contributed by atoms with Crippen LogP contribution < -0.4 is 0 Å². The van der Waals surface area contributed by atoms with Crippen LogP contribution in [-0.2, 0) is 11.3 Å². The summed E-state index contributed by atoms with van der Waals surface area (Å²) in [5, 5.41) is 20.6. The number of aromatic nitrogens is 1.